The lowest BCUT2D eigenvalue weighted by Crippen LogP contribution is -2.37. The van der Waals surface area contributed by atoms with Gasteiger partial charge in [0.05, 0.1) is 17.5 Å². The molecule has 0 atom stereocenters. The number of piperidine rings is 1. The van der Waals surface area contributed by atoms with Gasteiger partial charge in [-0.05, 0) is 97.2 Å². The summed E-state index contributed by atoms with van der Waals surface area (Å²) in [7, 11) is -3.80. The van der Waals surface area contributed by atoms with Crippen molar-refractivity contribution in [3.63, 3.8) is 0 Å². The molecule has 1 aliphatic heterocycles. The van der Waals surface area contributed by atoms with Gasteiger partial charge in [0.25, 0.3) is 0 Å². The summed E-state index contributed by atoms with van der Waals surface area (Å²) in [6.45, 7) is 4.55. The van der Waals surface area contributed by atoms with Crippen LogP contribution in [-0.4, -0.2) is 42.8 Å². The van der Waals surface area contributed by atoms with E-state index in [2.05, 4.69) is 28.7 Å². The highest BCUT2D eigenvalue weighted by atomic mass is 127. The van der Waals surface area contributed by atoms with Crippen LogP contribution in [0.2, 0.25) is 0 Å². The Hall–Kier alpha value is -1.98. The minimum atomic E-state index is -3.80. The maximum atomic E-state index is 14.4. The van der Waals surface area contributed by atoms with Gasteiger partial charge in [-0.2, -0.15) is 4.31 Å². The largest absolute Gasteiger partial charge is 0.488 e. The Morgan fingerprint density at radius 1 is 1.18 bits per heavy atom. The van der Waals surface area contributed by atoms with E-state index in [1.165, 1.54) is 16.4 Å². The summed E-state index contributed by atoms with van der Waals surface area (Å²) in [5, 5.41) is 1.10. The summed E-state index contributed by atoms with van der Waals surface area (Å²) in [5.74, 6) is -0.454. The highest BCUT2D eigenvalue weighted by Gasteiger charge is 2.31. The van der Waals surface area contributed by atoms with Crippen LogP contribution in [0.3, 0.4) is 0 Å². The van der Waals surface area contributed by atoms with Crippen molar-refractivity contribution in [1.29, 1.82) is 0 Å². The van der Waals surface area contributed by atoms with Gasteiger partial charge >= 0.3 is 0 Å². The molecular formula is C24H26FIN2O4S. The summed E-state index contributed by atoms with van der Waals surface area (Å²) in [6.07, 6.45) is 4.01. The van der Waals surface area contributed by atoms with Crippen LogP contribution >= 0.6 is 22.6 Å². The van der Waals surface area contributed by atoms with Crippen LogP contribution in [0, 0.1) is 9.39 Å². The van der Waals surface area contributed by atoms with E-state index in [9.17, 15) is 17.6 Å². The summed E-state index contributed by atoms with van der Waals surface area (Å²) < 4.78 is 50.5. The number of fused-ring (bicyclic) bond motifs is 1. The fraction of sp³-hybridized carbons (Fsp3) is 0.375. The molecular weight excluding hydrogens is 558 g/mol. The lowest BCUT2D eigenvalue weighted by molar-refractivity contribution is -0.108. The molecule has 4 rings (SSSR count). The summed E-state index contributed by atoms with van der Waals surface area (Å²) in [5.41, 5.74) is 2.15. The summed E-state index contributed by atoms with van der Waals surface area (Å²) >= 11 is 2.27. The highest BCUT2D eigenvalue weighted by Crippen LogP contribution is 2.36. The topological polar surface area (TPSA) is 68.6 Å². The van der Waals surface area contributed by atoms with Gasteiger partial charge in [0.2, 0.25) is 10.0 Å². The zero-order chi connectivity index (χ0) is 23.8. The lowest BCUT2D eigenvalue weighted by atomic mass is 9.90. The molecule has 0 aliphatic carbocycles. The van der Waals surface area contributed by atoms with E-state index in [4.69, 9.17) is 4.74 Å². The van der Waals surface area contributed by atoms with Crippen LogP contribution in [0.5, 0.6) is 5.75 Å². The molecule has 1 aromatic heterocycles. The summed E-state index contributed by atoms with van der Waals surface area (Å²) in [4.78, 5) is 11.1. The normalized spacial score (nSPS) is 15.9. The fourth-order valence-corrected chi connectivity index (χ4v) is 6.37. The molecule has 0 N–H and O–H groups in total. The Morgan fingerprint density at radius 2 is 1.91 bits per heavy atom. The predicted molar refractivity (Wildman–Crippen MR) is 134 cm³/mol. The molecule has 3 aromatic rings. The second-order valence-electron chi connectivity index (χ2n) is 8.50. The van der Waals surface area contributed by atoms with Crippen molar-refractivity contribution >= 4 is 49.8 Å². The van der Waals surface area contributed by atoms with Gasteiger partial charge in [-0.15, -0.1) is 0 Å². The first-order chi connectivity index (χ1) is 15.7. The van der Waals surface area contributed by atoms with Crippen molar-refractivity contribution in [1.82, 2.24) is 8.87 Å². The maximum Gasteiger partial charge on any atom is 0.243 e. The van der Waals surface area contributed by atoms with E-state index in [0.717, 1.165) is 32.4 Å². The Morgan fingerprint density at radius 3 is 2.55 bits per heavy atom. The Labute approximate surface area is 206 Å². The lowest BCUT2D eigenvalue weighted by Gasteiger charge is -2.31. The molecule has 0 spiro atoms. The number of halogens is 2. The van der Waals surface area contributed by atoms with Crippen molar-refractivity contribution in [3.8, 4) is 5.75 Å². The third-order valence-electron chi connectivity index (χ3n) is 5.94. The molecule has 2 heterocycles. The van der Waals surface area contributed by atoms with Crippen LogP contribution in [-0.2, 0) is 21.4 Å². The third kappa shape index (κ3) is 4.95. The van der Waals surface area contributed by atoms with Crippen molar-refractivity contribution in [2.75, 3.05) is 13.1 Å². The first-order valence-corrected chi connectivity index (χ1v) is 13.4. The SMILES string of the molecule is CC(C)Oc1ccc(S(=O)(=O)N2CCC(c3cn(CC=O)c4ccc(I)cc34)CC2)cc1F. The predicted octanol–water partition coefficient (Wildman–Crippen LogP) is 4.94. The minimum absolute atomic E-state index is 0.0454. The van der Waals surface area contributed by atoms with Crippen molar-refractivity contribution in [2.45, 2.75) is 50.2 Å². The number of nitrogens with zero attached hydrogens (tertiary/aromatic N) is 2. The summed E-state index contributed by atoms with van der Waals surface area (Å²) in [6, 6.07) is 9.95. The number of hydrogen-bond acceptors (Lipinski definition) is 4. The Bertz CT molecular complexity index is 1280. The van der Waals surface area contributed by atoms with E-state index < -0.39 is 15.8 Å². The van der Waals surface area contributed by atoms with Crippen molar-refractivity contribution < 1.29 is 22.3 Å². The number of aldehydes is 1. The zero-order valence-electron chi connectivity index (χ0n) is 18.5. The fourth-order valence-electron chi connectivity index (χ4n) is 4.40. The van der Waals surface area contributed by atoms with Crippen LogP contribution in [0.1, 0.15) is 38.2 Å². The number of carbonyl (C=O) groups is 1. The second kappa shape index (κ2) is 9.71. The molecule has 33 heavy (non-hydrogen) atoms. The quantitative estimate of drug-likeness (QED) is 0.292. The number of rotatable bonds is 7. The Balaban J connectivity index is 1.54. The molecule has 1 saturated heterocycles. The molecule has 0 saturated carbocycles. The van der Waals surface area contributed by atoms with Crippen LogP contribution < -0.4 is 4.74 Å². The molecule has 6 nitrogen and oxygen atoms in total. The molecule has 9 heteroatoms. The van der Waals surface area contributed by atoms with Gasteiger partial charge < -0.3 is 14.1 Å². The molecule has 0 unspecified atom stereocenters. The van der Waals surface area contributed by atoms with Gasteiger partial charge in [0.1, 0.15) is 6.29 Å². The van der Waals surface area contributed by atoms with E-state index in [0.29, 0.717) is 25.9 Å². The van der Waals surface area contributed by atoms with E-state index in [1.807, 2.05) is 22.9 Å². The number of aromatic nitrogens is 1. The molecule has 176 valence electrons. The maximum absolute atomic E-state index is 14.4. The van der Waals surface area contributed by atoms with Crippen molar-refractivity contribution in [2.24, 2.45) is 0 Å². The standard InChI is InChI=1S/C24H26FIN2O4S/c1-16(2)32-24-6-4-19(14-22(24)25)33(30,31)28-9-7-17(8-10-28)21-15-27(11-12-29)23-5-3-18(26)13-20(21)23/h3-6,12-17H,7-11H2,1-2H3. The second-order valence-corrected chi connectivity index (χ2v) is 11.7. The van der Waals surface area contributed by atoms with Crippen LogP contribution in [0.15, 0.2) is 47.5 Å². The number of ether oxygens (including phenoxy) is 1. The zero-order valence-corrected chi connectivity index (χ0v) is 21.5. The molecule has 0 radical (unpaired) electrons. The van der Waals surface area contributed by atoms with Gasteiger partial charge in [-0.1, -0.05) is 0 Å². The Kier molecular flexibility index (Phi) is 7.11. The average molecular weight is 584 g/mol. The smallest absolute Gasteiger partial charge is 0.243 e. The minimum Gasteiger partial charge on any atom is -0.488 e. The number of benzene rings is 2. The van der Waals surface area contributed by atoms with Gasteiger partial charge in [-0.3, -0.25) is 0 Å². The molecule has 2 aromatic carbocycles. The van der Waals surface area contributed by atoms with Gasteiger partial charge in [0, 0.05) is 33.8 Å². The molecule has 0 bridgehead atoms. The number of carbonyl (C=O) groups excluding carboxylic acids is 1. The number of hydrogen-bond donors (Lipinski definition) is 0. The van der Waals surface area contributed by atoms with E-state index in [1.54, 1.807) is 13.8 Å². The van der Waals surface area contributed by atoms with Crippen LogP contribution in [0.4, 0.5) is 4.39 Å². The first kappa shape index (κ1) is 24.2. The number of sulfonamides is 1. The van der Waals surface area contributed by atoms with E-state index >= 15 is 0 Å². The monoisotopic (exact) mass is 584 g/mol. The highest BCUT2D eigenvalue weighted by molar-refractivity contribution is 14.1. The average Bonchev–Trinajstić information content (AvgIpc) is 3.12. The molecule has 1 fully saturated rings. The van der Waals surface area contributed by atoms with E-state index in [-0.39, 0.29) is 29.2 Å². The van der Waals surface area contributed by atoms with Gasteiger partial charge in [0.15, 0.2) is 11.6 Å². The third-order valence-corrected chi connectivity index (χ3v) is 8.51. The molecule has 1 aliphatic rings. The first-order valence-electron chi connectivity index (χ1n) is 10.9. The van der Waals surface area contributed by atoms with Gasteiger partial charge in [-0.25, -0.2) is 12.8 Å². The van der Waals surface area contributed by atoms with Crippen LogP contribution in [0.25, 0.3) is 10.9 Å². The molecule has 0 amide bonds. The van der Waals surface area contributed by atoms with Crippen molar-refractivity contribution in [3.05, 3.63) is 57.5 Å².